The Hall–Kier alpha value is -1.52. The molecule has 1 aliphatic heterocycles. The maximum absolute atomic E-state index is 13.0. The van der Waals surface area contributed by atoms with Crippen molar-refractivity contribution in [1.82, 2.24) is 4.90 Å². The maximum Gasteiger partial charge on any atom is 0.174 e. The first-order valence-electron chi connectivity index (χ1n) is 8.79. The quantitative estimate of drug-likeness (QED) is 0.692. The van der Waals surface area contributed by atoms with Gasteiger partial charge in [-0.05, 0) is 55.8 Å². The average Bonchev–Trinajstić information content (AvgIpc) is 2.89. The van der Waals surface area contributed by atoms with E-state index >= 15 is 0 Å². The molecule has 1 saturated heterocycles. The van der Waals surface area contributed by atoms with Crippen LogP contribution in [-0.2, 0) is 6.42 Å². The molecule has 1 aromatic heterocycles. The maximum atomic E-state index is 13.0. The monoisotopic (exact) mass is 345 g/mol. The van der Waals surface area contributed by atoms with Gasteiger partial charge in [0.25, 0.3) is 0 Å². The molecule has 0 saturated carbocycles. The largest absolute Gasteiger partial charge is 0.303 e. The Morgan fingerprint density at radius 3 is 2.42 bits per heavy atom. The number of thiophene rings is 1. The molecule has 128 valence electrons. The lowest BCUT2D eigenvalue weighted by Crippen LogP contribution is -2.27. The molecule has 0 atom stereocenters. The van der Waals surface area contributed by atoms with Crippen LogP contribution in [0.25, 0.3) is 0 Å². The minimum absolute atomic E-state index is 0.214. The SMILES string of the molecule is O=C(CCN1CCCCCC1)c1ccc(Cc2ccc(F)cc2)s1. The van der Waals surface area contributed by atoms with E-state index in [4.69, 9.17) is 0 Å². The Kier molecular flexibility index (Phi) is 6.16. The van der Waals surface area contributed by atoms with Gasteiger partial charge in [-0.15, -0.1) is 11.3 Å². The van der Waals surface area contributed by atoms with Gasteiger partial charge >= 0.3 is 0 Å². The fourth-order valence-electron chi connectivity index (χ4n) is 3.17. The van der Waals surface area contributed by atoms with E-state index in [1.165, 1.54) is 37.8 Å². The molecule has 0 unspecified atom stereocenters. The molecule has 1 aliphatic rings. The number of likely N-dealkylation sites (tertiary alicyclic amines) is 1. The van der Waals surface area contributed by atoms with Crippen LogP contribution in [0.1, 0.15) is 52.2 Å². The van der Waals surface area contributed by atoms with Crippen molar-refractivity contribution in [3.63, 3.8) is 0 Å². The molecule has 2 aromatic rings. The van der Waals surface area contributed by atoms with Gasteiger partial charge in [0.1, 0.15) is 5.82 Å². The van der Waals surface area contributed by atoms with Crippen molar-refractivity contribution < 1.29 is 9.18 Å². The number of ketones is 1. The normalized spacial score (nSPS) is 16.0. The van der Waals surface area contributed by atoms with Crippen molar-refractivity contribution in [1.29, 1.82) is 0 Å². The molecular formula is C20H24FNOS. The number of nitrogens with zero attached hydrogens (tertiary/aromatic N) is 1. The Labute approximate surface area is 147 Å². The predicted molar refractivity (Wildman–Crippen MR) is 97.4 cm³/mol. The Balaban J connectivity index is 1.52. The molecule has 1 aromatic carbocycles. The highest BCUT2D eigenvalue weighted by molar-refractivity contribution is 7.14. The van der Waals surface area contributed by atoms with Gasteiger partial charge in [0.05, 0.1) is 4.88 Å². The summed E-state index contributed by atoms with van der Waals surface area (Å²) in [5, 5.41) is 0. The van der Waals surface area contributed by atoms with E-state index in [2.05, 4.69) is 4.90 Å². The van der Waals surface area contributed by atoms with E-state index in [1.807, 2.05) is 12.1 Å². The lowest BCUT2D eigenvalue weighted by Gasteiger charge is -2.18. The van der Waals surface area contributed by atoms with Gasteiger partial charge in [0.2, 0.25) is 0 Å². The van der Waals surface area contributed by atoms with Crippen LogP contribution in [0.4, 0.5) is 4.39 Å². The van der Waals surface area contributed by atoms with E-state index in [-0.39, 0.29) is 11.6 Å². The van der Waals surface area contributed by atoms with Gasteiger partial charge in [0, 0.05) is 24.3 Å². The number of carbonyl (C=O) groups is 1. The van der Waals surface area contributed by atoms with Crippen LogP contribution >= 0.6 is 11.3 Å². The molecule has 0 N–H and O–H groups in total. The average molecular weight is 345 g/mol. The number of halogens is 1. The highest BCUT2D eigenvalue weighted by Crippen LogP contribution is 2.22. The van der Waals surface area contributed by atoms with Gasteiger partial charge in [-0.25, -0.2) is 4.39 Å². The minimum atomic E-state index is -0.214. The van der Waals surface area contributed by atoms with E-state index < -0.39 is 0 Å². The summed E-state index contributed by atoms with van der Waals surface area (Å²) >= 11 is 1.57. The number of benzene rings is 1. The lowest BCUT2D eigenvalue weighted by molar-refractivity contribution is 0.0969. The first-order chi connectivity index (χ1) is 11.7. The topological polar surface area (TPSA) is 20.3 Å². The molecule has 2 nitrogen and oxygen atoms in total. The third kappa shape index (κ3) is 4.99. The van der Waals surface area contributed by atoms with Crippen LogP contribution in [0.2, 0.25) is 0 Å². The summed E-state index contributed by atoms with van der Waals surface area (Å²) < 4.78 is 13.0. The highest BCUT2D eigenvalue weighted by atomic mass is 32.1. The molecule has 0 aliphatic carbocycles. The zero-order valence-electron chi connectivity index (χ0n) is 14.0. The van der Waals surface area contributed by atoms with Crippen LogP contribution in [0.3, 0.4) is 0 Å². The number of hydrogen-bond acceptors (Lipinski definition) is 3. The summed E-state index contributed by atoms with van der Waals surface area (Å²) in [5.74, 6) is 0.0314. The molecule has 3 rings (SSSR count). The summed E-state index contributed by atoms with van der Waals surface area (Å²) in [7, 11) is 0. The highest BCUT2D eigenvalue weighted by Gasteiger charge is 2.14. The zero-order valence-corrected chi connectivity index (χ0v) is 14.8. The van der Waals surface area contributed by atoms with E-state index in [0.29, 0.717) is 6.42 Å². The summed E-state index contributed by atoms with van der Waals surface area (Å²) in [6, 6.07) is 10.5. The van der Waals surface area contributed by atoms with Crippen LogP contribution in [0.5, 0.6) is 0 Å². The van der Waals surface area contributed by atoms with Gasteiger partial charge < -0.3 is 4.90 Å². The molecule has 0 radical (unpaired) electrons. The second-order valence-corrected chi connectivity index (χ2v) is 7.67. The van der Waals surface area contributed by atoms with Crippen molar-refractivity contribution in [2.45, 2.75) is 38.5 Å². The first-order valence-corrected chi connectivity index (χ1v) is 9.61. The van der Waals surface area contributed by atoms with Crippen molar-refractivity contribution in [2.24, 2.45) is 0 Å². The molecule has 4 heteroatoms. The predicted octanol–water partition coefficient (Wildman–Crippen LogP) is 4.93. The second-order valence-electron chi connectivity index (χ2n) is 6.50. The first kappa shape index (κ1) is 17.3. The Bertz CT molecular complexity index is 657. The van der Waals surface area contributed by atoms with Gasteiger partial charge in [-0.3, -0.25) is 4.79 Å². The summed E-state index contributed by atoms with van der Waals surface area (Å²) in [6.07, 6.45) is 6.52. The van der Waals surface area contributed by atoms with Crippen molar-refractivity contribution >= 4 is 17.1 Å². The van der Waals surface area contributed by atoms with Crippen molar-refractivity contribution in [3.8, 4) is 0 Å². The molecule has 2 heterocycles. The standard InChI is InChI=1S/C20H24FNOS/c21-17-7-5-16(6-8-17)15-18-9-10-20(24-18)19(23)11-14-22-12-3-1-2-4-13-22/h5-10H,1-4,11-15H2. The second kappa shape index (κ2) is 8.54. The summed E-state index contributed by atoms with van der Waals surface area (Å²) in [6.45, 7) is 3.14. The van der Waals surface area contributed by atoms with Crippen molar-refractivity contribution in [2.75, 3.05) is 19.6 Å². The third-order valence-corrected chi connectivity index (χ3v) is 5.71. The molecule has 1 fully saturated rings. The summed E-state index contributed by atoms with van der Waals surface area (Å²) in [5.41, 5.74) is 1.07. The molecule has 24 heavy (non-hydrogen) atoms. The van der Waals surface area contributed by atoms with Crippen LogP contribution in [0, 0.1) is 5.82 Å². The van der Waals surface area contributed by atoms with Gasteiger partial charge in [0.15, 0.2) is 5.78 Å². The van der Waals surface area contributed by atoms with Gasteiger partial charge in [-0.1, -0.05) is 25.0 Å². The van der Waals surface area contributed by atoms with Crippen LogP contribution < -0.4 is 0 Å². The Morgan fingerprint density at radius 1 is 1.00 bits per heavy atom. The third-order valence-electron chi connectivity index (χ3n) is 4.58. The smallest absolute Gasteiger partial charge is 0.174 e. The number of carbonyl (C=O) groups excluding carboxylic acids is 1. The van der Waals surface area contributed by atoms with E-state index in [9.17, 15) is 9.18 Å². The van der Waals surface area contributed by atoms with Crippen LogP contribution in [-0.4, -0.2) is 30.3 Å². The van der Waals surface area contributed by atoms with E-state index in [1.54, 1.807) is 23.5 Å². The van der Waals surface area contributed by atoms with Crippen molar-refractivity contribution in [3.05, 3.63) is 57.5 Å². The lowest BCUT2D eigenvalue weighted by atomic mass is 10.1. The molecule has 0 amide bonds. The minimum Gasteiger partial charge on any atom is -0.303 e. The van der Waals surface area contributed by atoms with Crippen LogP contribution in [0.15, 0.2) is 36.4 Å². The molecular weight excluding hydrogens is 321 g/mol. The Morgan fingerprint density at radius 2 is 1.71 bits per heavy atom. The van der Waals surface area contributed by atoms with Gasteiger partial charge in [-0.2, -0.15) is 0 Å². The number of rotatable bonds is 6. The zero-order chi connectivity index (χ0) is 16.8. The summed E-state index contributed by atoms with van der Waals surface area (Å²) in [4.78, 5) is 16.8. The molecule has 0 bridgehead atoms. The molecule has 0 spiro atoms. The van der Waals surface area contributed by atoms with E-state index in [0.717, 1.165) is 41.4 Å². The fourth-order valence-corrected chi connectivity index (χ4v) is 4.18. The number of hydrogen-bond donors (Lipinski definition) is 0. The number of Topliss-reactive ketones (excluding diaryl/α,β-unsaturated/α-hetero) is 1. The fraction of sp³-hybridized carbons (Fsp3) is 0.450.